The Labute approximate surface area is 123 Å². The van der Waals surface area contributed by atoms with Crippen LogP contribution in [0.2, 0.25) is 0 Å². The number of rotatable bonds is 12. The Hall–Kier alpha value is -1.08. The molecule has 1 atom stereocenters. The van der Waals surface area contributed by atoms with Gasteiger partial charge < -0.3 is 24.4 Å². The van der Waals surface area contributed by atoms with Gasteiger partial charge in [-0.1, -0.05) is 26.2 Å². The van der Waals surface area contributed by atoms with E-state index in [1.165, 1.54) is 0 Å². The number of esters is 1. The molecule has 0 radical (unpaired) electrons. The Kier molecular flexibility index (Phi) is 10.1. The first-order chi connectivity index (χ1) is 9.74. The fourth-order valence-corrected chi connectivity index (χ4v) is 1.79. The molecule has 0 spiro atoms. The van der Waals surface area contributed by atoms with Crippen LogP contribution in [0.4, 0.5) is 0 Å². The lowest BCUT2D eigenvalue weighted by Gasteiger charge is -2.18. The molecule has 0 aliphatic heterocycles. The van der Waals surface area contributed by atoms with E-state index in [1.807, 2.05) is 6.92 Å². The predicted octanol–water partition coefficient (Wildman–Crippen LogP) is 2.02. The van der Waals surface area contributed by atoms with Gasteiger partial charge in [-0.15, -0.1) is 0 Å². The lowest BCUT2D eigenvalue weighted by Crippen LogP contribution is -2.28. The SMILES string of the molecule is C=C(O)OC[C@H](COP(=O)(O)O)OC(=O)CCCCCC. The zero-order valence-electron chi connectivity index (χ0n) is 12.1. The molecular weight excluding hydrogens is 303 g/mol. The van der Waals surface area contributed by atoms with Crippen LogP contribution in [-0.2, 0) is 23.4 Å². The second-order valence-corrected chi connectivity index (χ2v) is 5.65. The smallest absolute Gasteiger partial charge is 0.469 e. The molecule has 21 heavy (non-hydrogen) atoms. The third-order valence-corrected chi connectivity index (χ3v) is 2.88. The Morgan fingerprint density at radius 1 is 1.24 bits per heavy atom. The molecule has 0 unspecified atom stereocenters. The maximum absolute atomic E-state index is 11.6. The molecule has 124 valence electrons. The summed E-state index contributed by atoms with van der Waals surface area (Å²) in [5, 5.41) is 8.81. The minimum absolute atomic E-state index is 0.201. The summed E-state index contributed by atoms with van der Waals surface area (Å²) < 4.78 is 24.5. The monoisotopic (exact) mass is 326 g/mol. The fraction of sp³-hybridized carbons (Fsp3) is 0.750. The van der Waals surface area contributed by atoms with E-state index in [0.29, 0.717) is 6.42 Å². The summed E-state index contributed by atoms with van der Waals surface area (Å²) >= 11 is 0. The number of unbranched alkanes of at least 4 members (excludes halogenated alkanes) is 3. The lowest BCUT2D eigenvalue weighted by molar-refractivity contribution is -0.154. The van der Waals surface area contributed by atoms with E-state index >= 15 is 0 Å². The normalized spacial score (nSPS) is 12.7. The summed E-state index contributed by atoms with van der Waals surface area (Å²) in [6.07, 6.45) is 2.80. The number of phosphoric acid groups is 1. The number of aliphatic hydroxyl groups excluding tert-OH is 1. The van der Waals surface area contributed by atoms with Gasteiger partial charge in [-0.2, -0.15) is 0 Å². The molecule has 0 aromatic rings. The van der Waals surface area contributed by atoms with Crippen LogP contribution in [-0.4, -0.2) is 40.2 Å². The third-order valence-electron chi connectivity index (χ3n) is 2.40. The van der Waals surface area contributed by atoms with Crippen LogP contribution in [0.25, 0.3) is 0 Å². The molecule has 0 fully saturated rings. The van der Waals surface area contributed by atoms with Crippen LogP contribution in [0.15, 0.2) is 12.5 Å². The minimum atomic E-state index is -4.67. The number of hydrogen-bond acceptors (Lipinski definition) is 6. The minimum Gasteiger partial charge on any atom is -0.481 e. The Bertz CT molecular complexity index is 364. The van der Waals surface area contributed by atoms with E-state index in [2.05, 4.69) is 15.8 Å². The van der Waals surface area contributed by atoms with Crippen molar-refractivity contribution in [2.24, 2.45) is 0 Å². The van der Waals surface area contributed by atoms with Crippen molar-refractivity contribution in [3.63, 3.8) is 0 Å². The number of carbonyl (C=O) groups is 1. The average molecular weight is 326 g/mol. The summed E-state index contributed by atoms with van der Waals surface area (Å²) in [5.41, 5.74) is 0. The molecule has 0 aliphatic carbocycles. The number of aliphatic hydroxyl groups is 1. The highest BCUT2D eigenvalue weighted by atomic mass is 31.2. The first-order valence-electron chi connectivity index (χ1n) is 6.64. The molecule has 0 aromatic carbocycles. The van der Waals surface area contributed by atoms with Crippen molar-refractivity contribution in [3.05, 3.63) is 12.5 Å². The predicted molar refractivity (Wildman–Crippen MR) is 74.4 cm³/mol. The van der Waals surface area contributed by atoms with Crippen LogP contribution in [0.1, 0.15) is 39.0 Å². The lowest BCUT2D eigenvalue weighted by atomic mass is 10.1. The van der Waals surface area contributed by atoms with Crippen LogP contribution in [0.3, 0.4) is 0 Å². The average Bonchev–Trinajstić information content (AvgIpc) is 2.37. The molecule has 8 nitrogen and oxygen atoms in total. The fourth-order valence-electron chi connectivity index (χ4n) is 1.43. The molecule has 0 saturated heterocycles. The van der Waals surface area contributed by atoms with Crippen LogP contribution < -0.4 is 0 Å². The quantitative estimate of drug-likeness (QED) is 0.215. The number of ether oxygens (including phenoxy) is 2. The van der Waals surface area contributed by atoms with E-state index in [0.717, 1.165) is 19.3 Å². The van der Waals surface area contributed by atoms with Crippen LogP contribution in [0, 0.1) is 0 Å². The standard InChI is InChI=1S/C12H23O8P/c1-3-4-5-6-7-12(14)20-11(8-18-10(2)13)9-19-21(15,16)17/h11,13H,2-9H2,1H3,(H2,15,16,17)/t11-/m1/s1. The number of hydrogen-bond donors (Lipinski definition) is 3. The number of carbonyl (C=O) groups excluding carboxylic acids is 1. The molecule has 0 aromatic heterocycles. The van der Waals surface area contributed by atoms with E-state index in [4.69, 9.17) is 19.6 Å². The molecular formula is C12H23O8P. The van der Waals surface area contributed by atoms with Crippen molar-refractivity contribution < 1.29 is 38.3 Å². The molecule has 0 saturated carbocycles. The van der Waals surface area contributed by atoms with Crippen molar-refractivity contribution in [1.82, 2.24) is 0 Å². The first kappa shape index (κ1) is 19.9. The van der Waals surface area contributed by atoms with E-state index in [9.17, 15) is 9.36 Å². The highest BCUT2D eigenvalue weighted by molar-refractivity contribution is 7.46. The molecule has 9 heteroatoms. The molecule has 0 heterocycles. The van der Waals surface area contributed by atoms with Crippen LogP contribution in [0.5, 0.6) is 0 Å². The summed E-state index contributed by atoms with van der Waals surface area (Å²) in [6, 6.07) is 0. The summed E-state index contributed by atoms with van der Waals surface area (Å²) in [7, 11) is -4.67. The van der Waals surface area contributed by atoms with Crippen molar-refractivity contribution >= 4 is 13.8 Å². The van der Waals surface area contributed by atoms with Gasteiger partial charge in [0.1, 0.15) is 6.61 Å². The summed E-state index contributed by atoms with van der Waals surface area (Å²) in [6.45, 7) is 4.28. The van der Waals surface area contributed by atoms with Gasteiger partial charge in [0.25, 0.3) is 5.95 Å². The van der Waals surface area contributed by atoms with Crippen LogP contribution >= 0.6 is 7.82 Å². The Morgan fingerprint density at radius 3 is 2.43 bits per heavy atom. The Balaban J connectivity index is 4.20. The van der Waals surface area contributed by atoms with Crippen molar-refractivity contribution in [3.8, 4) is 0 Å². The summed E-state index contributed by atoms with van der Waals surface area (Å²) in [5.74, 6) is -1.10. The molecule has 0 bridgehead atoms. The zero-order valence-corrected chi connectivity index (χ0v) is 13.0. The number of phosphoric ester groups is 1. The molecule has 0 amide bonds. The topological polar surface area (TPSA) is 123 Å². The van der Waals surface area contributed by atoms with Crippen molar-refractivity contribution in [2.75, 3.05) is 13.2 Å². The van der Waals surface area contributed by atoms with Gasteiger partial charge in [-0.25, -0.2) is 4.57 Å². The van der Waals surface area contributed by atoms with Gasteiger partial charge in [0.05, 0.1) is 6.61 Å². The zero-order chi connectivity index (χ0) is 16.3. The molecule has 3 N–H and O–H groups in total. The van der Waals surface area contributed by atoms with Gasteiger partial charge >= 0.3 is 13.8 Å². The first-order valence-corrected chi connectivity index (χ1v) is 8.18. The second-order valence-electron chi connectivity index (χ2n) is 4.41. The van der Waals surface area contributed by atoms with Gasteiger partial charge in [-0.05, 0) is 13.0 Å². The highest BCUT2D eigenvalue weighted by Gasteiger charge is 2.22. The van der Waals surface area contributed by atoms with E-state index < -0.39 is 32.4 Å². The van der Waals surface area contributed by atoms with E-state index in [1.54, 1.807) is 0 Å². The van der Waals surface area contributed by atoms with E-state index in [-0.39, 0.29) is 13.0 Å². The highest BCUT2D eigenvalue weighted by Crippen LogP contribution is 2.35. The van der Waals surface area contributed by atoms with Gasteiger partial charge in [0.15, 0.2) is 6.10 Å². The van der Waals surface area contributed by atoms with Gasteiger partial charge in [0.2, 0.25) is 0 Å². The maximum atomic E-state index is 11.6. The second kappa shape index (κ2) is 10.6. The van der Waals surface area contributed by atoms with Crippen molar-refractivity contribution in [2.45, 2.75) is 45.1 Å². The largest absolute Gasteiger partial charge is 0.481 e. The molecule has 0 rings (SSSR count). The Morgan fingerprint density at radius 2 is 1.90 bits per heavy atom. The third kappa shape index (κ3) is 13.7. The van der Waals surface area contributed by atoms with Crippen molar-refractivity contribution in [1.29, 1.82) is 0 Å². The molecule has 0 aliphatic rings. The maximum Gasteiger partial charge on any atom is 0.469 e. The van der Waals surface area contributed by atoms with Gasteiger partial charge in [-0.3, -0.25) is 9.32 Å². The summed E-state index contributed by atoms with van der Waals surface area (Å²) in [4.78, 5) is 28.8. The van der Waals surface area contributed by atoms with Gasteiger partial charge in [0, 0.05) is 6.42 Å².